The molecular formula is C22H27NO6. The van der Waals surface area contributed by atoms with Crippen LogP contribution in [-0.2, 0) is 27.5 Å². The van der Waals surface area contributed by atoms with Crippen LogP contribution in [-0.4, -0.2) is 52.5 Å². The maximum atomic E-state index is 12.5. The molecule has 0 aliphatic carbocycles. The van der Waals surface area contributed by atoms with Gasteiger partial charge in [0, 0.05) is 6.54 Å². The molecule has 29 heavy (non-hydrogen) atoms. The standard InChI is InChI=1S/C22H27NO6/c1-17(28-15-18-8-4-2-5-9-18)12-13-23(20(14-24)21(25)26)22(27)29-16-19-10-6-3-7-11-19/h2-11,17,20,24H,12-16H2,1H3,(H,25,26)/t17-,20-/m0/s1. The number of benzene rings is 2. The number of ether oxygens (including phenoxy) is 2. The average molecular weight is 401 g/mol. The molecule has 2 rings (SSSR count). The molecule has 7 heteroatoms. The Bertz CT molecular complexity index is 752. The lowest BCUT2D eigenvalue weighted by Gasteiger charge is -2.28. The van der Waals surface area contributed by atoms with E-state index in [0.29, 0.717) is 13.0 Å². The Morgan fingerprint density at radius 3 is 2.03 bits per heavy atom. The fourth-order valence-corrected chi connectivity index (χ4v) is 2.70. The fourth-order valence-electron chi connectivity index (χ4n) is 2.70. The summed E-state index contributed by atoms with van der Waals surface area (Å²) >= 11 is 0. The number of hydrogen-bond donors (Lipinski definition) is 2. The fraction of sp³-hybridized carbons (Fsp3) is 0.364. The van der Waals surface area contributed by atoms with Gasteiger partial charge in [0.2, 0.25) is 0 Å². The molecule has 0 fully saturated rings. The number of hydrogen-bond acceptors (Lipinski definition) is 5. The smallest absolute Gasteiger partial charge is 0.410 e. The highest BCUT2D eigenvalue weighted by atomic mass is 16.6. The van der Waals surface area contributed by atoms with E-state index >= 15 is 0 Å². The van der Waals surface area contributed by atoms with Crippen molar-refractivity contribution in [1.82, 2.24) is 4.90 Å². The first kappa shape index (κ1) is 22.4. The summed E-state index contributed by atoms with van der Waals surface area (Å²) in [6, 6.07) is 17.4. The van der Waals surface area contributed by atoms with Crippen LogP contribution in [0.3, 0.4) is 0 Å². The van der Waals surface area contributed by atoms with Gasteiger partial charge in [-0.25, -0.2) is 9.59 Å². The number of nitrogens with zero attached hydrogens (tertiary/aromatic N) is 1. The molecule has 0 aliphatic rings. The number of aliphatic hydroxyl groups excluding tert-OH is 1. The van der Waals surface area contributed by atoms with Crippen LogP contribution in [0.5, 0.6) is 0 Å². The van der Waals surface area contributed by atoms with E-state index in [1.165, 1.54) is 0 Å². The molecule has 0 radical (unpaired) electrons. The molecular weight excluding hydrogens is 374 g/mol. The monoisotopic (exact) mass is 401 g/mol. The highest BCUT2D eigenvalue weighted by Gasteiger charge is 2.30. The molecule has 2 atom stereocenters. The van der Waals surface area contributed by atoms with E-state index in [-0.39, 0.29) is 19.3 Å². The lowest BCUT2D eigenvalue weighted by molar-refractivity contribution is -0.144. The quantitative estimate of drug-likeness (QED) is 0.601. The van der Waals surface area contributed by atoms with Gasteiger partial charge >= 0.3 is 12.1 Å². The first-order chi connectivity index (χ1) is 14.0. The zero-order chi connectivity index (χ0) is 21.1. The van der Waals surface area contributed by atoms with E-state index in [1.54, 1.807) is 12.1 Å². The van der Waals surface area contributed by atoms with Gasteiger partial charge in [-0.15, -0.1) is 0 Å². The number of amides is 1. The summed E-state index contributed by atoms with van der Waals surface area (Å²) in [5, 5.41) is 18.8. The van der Waals surface area contributed by atoms with Crippen molar-refractivity contribution in [3.63, 3.8) is 0 Å². The molecule has 2 aromatic carbocycles. The van der Waals surface area contributed by atoms with Crippen LogP contribution >= 0.6 is 0 Å². The predicted octanol–water partition coefficient (Wildman–Crippen LogP) is 3.07. The average Bonchev–Trinajstić information content (AvgIpc) is 2.74. The molecule has 0 saturated heterocycles. The third kappa shape index (κ3) is 7.56. The Balaban J connectivity index is 1.92. The van der Waals surface area contributed by atoms with Crippen molar-refractivity contribution in [2.24, 2.45) is 0 Å². The molecule has 0 saturated carbocycles. The van der Waals surface area contributed by atoms with E-state index < -0.39 is 24.7 Å². The van der Waals surface area contributed by atoms with Gasteiger partial charge in [-0.2, -0.15) is 0 Å². The summed E-state index contributed by atoms with van der Waals surface area (Å²) in [6.07, 6.45) is -0.602. The van der Waals surface area contributed by atoms with E-state index in [0.717, 1.165) is 16.0 Å². The lowest BCUT2D eigenvalue weighted by Crippen LogP contribution is -2.48. The Kier molecular flexibility index (Phi) is 9.14. The number of aliphatic hydroxyl groups is 1. The van der Waals surface area contributed by atoms with E-state index in [9.17, 15) is 19.8 Å². The first-order valence-corrected chi connectivity index (χ1v) is 9.47. The third-order valence-electron chi connectivity index (χ3n) is 4.43. The number of carboxylic acids is 1. The predicted molar refractivity (Wildman–Crippen MR) is 107 cm³/mol. The Hall–Kier alpha value is -2.90. The molecule has 0 spiro atoms. The van der Waals surface area contributed by atoms with Crippen LogP contribution in [0.25, 0.3) is 0 Å². The topological polar surface area (TPSA) is 96.3 Å². The van der Waals surface area contributed by atoms with Crippen LogP contribution in [0.1, 0.15) is 24.5 Å². The Morgan fingerprint density at radius 2 is 1.52 bits per heavy atom. The van der Waals surface area contributed by atoms with Gasteiger partial charge in [0.25, 0.3) is 0 Å². The summed E-state index contributed by atoms with van der Waals surface area (Å²) in [7, 11) is 0. The summed E-state index contributed by atoms with van der Waals surface area (Å²) in [5.41, 5.74) is 1.81. The molecule has 0 bridgehead atoms. The van der Waals surface area contributed by atoms with Crippen LogP contribution in [0, 0.1) is 0 Å². The Labute approximate surface area is 170 Å². The van der Waals surface area contributed by atoms with Crippen LogP contribution in [0.4, 0.5) is 4.79 Å². The van der Waals surface area contributed by atoms with Crippen molar-refractivity contribution in [3.05, 3.63) is 71.8 Å². The molecule has 0 unspecified atom stereocenters. The lowest BCUT2D eigenvalue weighted by atomic mass is 10.2. The second-order valence-corrected chi connectivity index (χ2v) is 6.67. The number of rotatable bonds is 11. The normalized spacial score (nSPS) is 12.8. The van der Waals surface area contributed by atoms with Crippen LogP contribution < -0.4 is 0 Å². The molecule has 2 aromatic rings. The van der Waals surface area contributed by atoms with Crippen LogP contribution in [0.2, 0.25) is 0 Å². The second-order valence-electron chi connectivity index (χ2n) is 6.67. The van der Waals surface area contributed by atoms with Crippen molar-refractivity contribution in [2.45, 2.75) is 38.7 Å². The molecule has 0 aromatic heterocycles. The van der Waals surface area contributed by atoms with Crippen molar-refractivity contribution in [1.29, 1.82) is 0 Å². The zero-order valence-electron chi connectivity index (χ0n) is 16.4. The minimum absolute atomic E-state index is 0.0218. The van der Waals surface area contributed by atoms with Crippen LogP contribution in [0.15, 0.2) is 60.7 Å². The van der Waals surface area contributed by atoms with E-state index in [2.05, 4.69) is 0 Å². The van der Waals surface area contributed by atoms with Gasteiger partial charge in [0.1, 0.15) is 6.61 Å². The molecule has 156 valence electrons. The number of carbonyl (C=O) groups is 2. The van der Waals surface area contributed by atoms with Crippen molar-refractivity contribution < 1.29 is 29.3 Å². The summed E-state index contributed by atoms with van der Waals surface area (Å²) in [5.74, 6) is -1.29. The van der Waals surface area contributed by atoms with Crippen molar-refractivity contribution in [2.75, 3.05) is 13.2 Å². The van der Waals surface area contributed by atoms with E-state index in [4.69, 9.17) is 9.47 Å². The van der Waals surface area contributed by atoms with Gasteiger partial charge in [-0.1, -0.05) is 60.7 Å². The largest absolute Gasteiger partial charge is 0.480 e. The van der Waals surface area contributed by atoms with Gasteiger partial charge in [-0.3, -0.25) is 4.90 Å². The maximum absolute atomic E-state index is 12.5. The van der Waals surface area contributed by atoms with Gasteiger partial charge < -0.3 is 19.7 Å². The minimum Gasteiger partial charge on any atom is -0.480 e. The second kappa shape index (κ2) is 11.8. The zero-order valence-corrected chi connectivity index (χ0v) is 16.4. The number of carboxylic acid groups (broad SMARTS) is 1. The number of aliphatic carboxylic acids is 1. The summed E-state index contributed by atoms with van der Waals surface area (Å²) < 4.78 is 11.0. The summed E-state index contributed by atoms with van der Waals surface area (Å²) in [4.78, 5) is 25.0. The van der Waals surface area contributed by atoms with Gasteiger partial charge in [0.15, 0.2) is 6.04 Å². The van der Waals surface area contributed by atoms with Crippen molar-refractivity contribution >= 4 is 12.1 Å². The molecule has 1 amide bonds. The van der Waals surface area contributed by atoms with Gasteiger partial charge in [0.05, 0.1) is 19.3 Å². The minimum atomic E-state index is -1.38. The SMILES string of the molecule is C[C@@H](CCN(C(=O)OCc1ccccc1)[C@@H](CO)C(=O)O)OCc1ccccc1. The molecule has 0 heterocycles. The third-order valence-corrected chi connectivity index (χ3v) is 4.43. The van der Waals surface area contributed by atoms with Crippen molar-refractivity contribution in [3.8, 4) is 0 Å². The highest BCUT2D eigenvalue weighted by molar-refractivity contribution is 5.80. The molecule has 7 nitrogen and oxygen atoms in total. The maximum Gasteiger partial charge on any atom is 0.410 e. The number of carbonyl (C=O) groups excluding carboxylic acids is 1. The highest BCUT2D eigenvalue weighted by Crippen LogP contribution is 2.11. The first-order valence-electron chi connectivity index (χ1n) is 9.47. The van der Waals surface area contributed by atoms with E-state index in [1.807, 2.05) is 55.5 Å². The molecule has 2 N–H and O–H groups in total. The molecule has 0 aliphatic heterocycles. The Morgan fingerprint density at radius 1 is 0.966 bits per heavy atom. The summed E-state index contributed by atoms with van der Waals surface area (Å²) in [6.45, 7) is 1.68. The van der Waals surface area contributed by atoms with Gasteiger partial charge in [-0.05, 0) is 24.5 Å².